The third-order valence-corrected chi connectivity index (χ3v) is 4.66. The van der Waals surface area contributed by atoms with Gasteiger partial charge >= 0.3 is 0 Å². The molecule has 0 radical (unpaired) electrons. The first-order chi connectivity index (χ1) is 12.2. The average Bonchev–Trinajstić information content (AvgIpc) is 3.24. The van der Waals surface area contributed by atoms with Crippen molar-refractivity contribution in [1.82, 2.24) is 14.8 Å². The lowest BCUT2D eigenvalue weighted by molar-refractivity contribution is -0.116. The van der Waals surface area contributed by atoms with Crippen LogP contribution in [-0.2, 0) is 22.4 Å². The Hall–Kier alpha value is -2.45. The number of ether oxygens (including phenoxy) is 2. The highest BCUT2D eigenvalue weighted by molar-refractivity contribution is 5.89. The van der Waals surface area contributed by atoms with E-state index in [1.54, 1.807) is 4.57 Å². The monoisotopic (exact) mass is 343 g/mol. The highest BCUT2D eigenvalue weighted by Gasteiger charge is 2.38. The third kappa shape index (κ3) is 3.22. The molecule has 2 aromatic rings. The van der Waals surface area contributed by atoms with Crippen LogP contribution in [0, 0.1) is 0 Å². The fraction of sp³-hybridized carbons (Fsp3) is 0.471. The summed E-state index contributed by atoms with van der Waals surface area (Å²) in [5.41, 5.74) is 6.66. The molecule has 8 nitrogen and oxygen atoms in total. The van der Waals surface area contributed by atoms with Crippen molar-refractivity contribution in [3.05, 3.63) is 41.7 Å². The molecule has 1 aromatic heterocycles. The van der Waals surface area contributed by atoms with Gasteiger partial charge in [-0.05, 0) is 12.0 Å². The van der Waals surface area contributed by atoms with Crippen molar-refractivity contribution >= 4 is 11.9 Å². The maximum Gasteiger partial charge on any atom is 0.286 e. The molecule has 2 fully saturated rings. The molecule has 0 saturated carbocycles. The number of anilines is 1. The summed E-state index contributed by atoms with van der Waals surface area (Å²) in [6.07, 6.45) is 0.829. The first kappa shape index (κ1) is 16.0. The van der Waals surface area contributed by atoms with E-state index in [2.05, 4.69) is 27.2 Å². The Kier molecular flexibility index (Phi) is 4.37. The zero-order valence-electron chi connectivity index (χ0n) is 13.9. The third-order valence-electron chi connectivity index (χ3n) is 4.66. The number of hydrogen-bond donors (Lipinski definition) is 1. The highest BCUT2D eigenvalue weighted by atomic mass is 16.6. The molecule has 132 valence electrons. The van der Waals surface area contributed by atoms with Crippen molar-refractivity contribution in [2.75, 3.05) is 31.2 Å². The standard InChI is InChI=1S/C17H21N5O3/c18-15(23)16-19-20-17(21-10-13-14(11-21)25-9-8-24-13)22(16)7-6-12-4-2-1-3-5-12/h1-5,13-14H,6-11H2,(H2,18,23)/t13-,14+. The Bertz CT molecular complexity index is 734. The molecule has 1 amide bonds. The summed E-state index contributed by atoms with van der Waals surface area (Å²) < 4.78 is 13.3. The van der Waals surface area contributed by atoms with Crippen LogP contribution in [0.15, 0.2) is 30.3 Å². The maximum absolute atomic E-state index is 11.7. The Balaban J connectivity index is 1.56. The lowest BCUT2D eigenvalue weighted by atomic mass is 10.1. The summed E-state index contributed by atoms with van der Waals surface area (Å²) in [4.78, 5) is 13.8. The number of amides is 1. The van der Waals surface area contributed by atoms with E-state index in [0.717, 1.165) is 6.42 Å². The number of carbonyl (C=O) groups is 1. The summed E-state index contributed by atoms with van der Waals surface area (Å²) in [5.74, 6) is 0.255. The van der Waals surface area contributed by atoms with Crippen LogP contribution in [0.25, 0.3) is 0 Å². The van der Waals surface area contributed by atoms with Crippen LogP contribution in [0.2, 0.25) is 0 Å². The van der Waals surface area contributed by atoms with Crippen LogP contribution >= 0.6 is 0 Å². The SMILES string of the molecule is NC(=O)c1nnc(N2C[C@@H]3OCCO[C@@H]3C2)n1CCc1ccccc1. The molecule has 2 N–H and O–H groups in total. The van der Waals surface area contributed by atoms with Gasteiger partial charge in [0, 0.05) is 19.6 Å². The van der Waals surface area contributed by atoms with Crippen molar-refractivity contribution in [2.45, 2.75) is 25.2 Å². The quantitative estimate of drug-likeness (QED) is 0.835. The van der Waals surface area contributed by atoms with Gasteiger partial charge in [0.15, 0.2) is 0 Å². The van der Waals surface area contributed by atoms with E-state index in [1.807, 2.05) is 18.2 Å². The summed E-state index contributed by atoms with van der Waals surface area (Å²) >= 11 is 0. The van der Waals surface area contributed by atoms with Gasteiger partial charge in [-0.15, -0.1) is 10.2 Å². The molecule has 8 heteroatoms. The molecule has 2 aliphatic rings. The predicted octanol–water partition coefficient (Wildman–Crippen LogP) is 0.224. The highest BCUT2D eigenvalue weighted by Crippen LogP contribution is 2.25. The van der Waals surface area contributed by atoms with E-state index in [0.29, 0.717) is 38.8 Å². The molecule has 0 bridgehead atoms. The normalized spacial score (nSPS) is 22.8. The fourth-order valence-corrected chi connectivity index (χ4v) is 3.43. The van der Waals surface area contributed by atoms with Gasteiger partial charge < -0.3 is 20.1 Å². The Labute approximate surface area is 145 Å². The Morgan fingerprint density at radius 2 is 1.80 bits per heavy atom. The number of aromatic nitrogens is 3. The molecule has 3 heterocycles. The first-order valence-electron chi connectivity index (χ1n) is 8.47. The predicted molar refractivity (Wildman–Crippen MR) is 90.4 cm³/mol. The van der Waals surface area contributed by atoms with E-state index >= 15 is 0 Å². The van der Waals surface area contributed by atoms with Gasteiger partial charge in [0.05, 0.1) is 13.2 Å². The minimum atomic E-state index is -0.573. The van der Waals surface area contributed by atoms with Gasteiger partial charge in [-0.3, -0.25) is 9.36 Å². The molecule has 2 saturated heterocycles. The second-order valence-electron chi connectivity index (χ2n) is 6.30. The number of primary amides is 1. The van der Waals surface area contributed by atoms with E-state index in [4.69, 9.17) is 15.2 Å². The van der Waals surface area contributed by atoms with Gasteiger partial charge in [0.1, 0.15) is 12.2 Å². The molecule has 25 heavy (non-hydrogen) atoms. The minimum Gasteiger partial charge on any atom is -0.371 e. The number of nitrogens with zero attached hydrogens (tertiary/aromatic N) is 4. The summed E-state index contributed by atoms with van der Waals surface area (Å²) in [7, 11) is 0. The second kappa shape index (κ2) is 6.81. The van der Waals surface area contributed by atoms with Gasteiger partial charge in [-0.2, -0.15) is 0 Å². The van der Waals surface area contributed by atoms with Crippen LogP contribution < -0.4 is 10.6 Å². The van der Waals surface area contributed by atoms with E-state index in [1.165, 1.54) is 5.56 Å². The number of fused-ring (bicyclic) bond motifs is 1. The van der Waals surface area contributed by atoms with Gasteiger partial charge in [-0.1, -0.05) is 30.3 Å². The van der Waals surface area contributed by atoms with E-state index in [-0.39, 0.29) is 18.0 Å². The van der Waals surface area contributed by atoms with Crippen molar-refractivity contribution in [2.24, 2.45) is 5.73 Å². The summed E-state index contributed by atoms with van der Waals surface area (Å²) in [5, 5.41) is 8.22. The number of nitrogens with two attached hydrogens (primary N) is 1. The lowest BCUT2D eigenvalue weighted by Gasteiger charge is -2.24. The number of hydrogen-bond acceptors (Lipinski definition) is 6. The smallest absolute Gasteiger partial charge is 0.286 e. The number of carbonyl (C=O) groups excluding carboxylic acids is 1. The van der Waals surface area contributed by atoms with Crippen molar-refractivity contribution in [1.29, 1.82) is 0 Å². The van der Waals surface area contributed by atoms with Crippen LogP contribution in [0.3, 0.4) is 0 Å². The van der Waals surface area contributed by atoms with Crippen LogP contribution in [0.1, 0.15) is 16.2 Å². The Morgan fingerprint density at radius 3 is 2.44 bits per heavy atom. The minimum absolute atomic E-state index is 0.0325. The molecular weight excluding hydrogens is 322 g/mol. The summed E-state index contributed by atoms with van der Waals surface area (Å²) in [6.45, 7) is 3.16. The molecule has 2 atom stereocenters. The lowest BCUT2D eigenvalue weighted by Crippen LogP contribution is -2.36. The Morgan fingerprint density at radius 1 is 1.12 bits per heavy atom. The zero-order valence-corrected chi connectivity index (χ0v) is 13.9. The van der Waals surface area contributed by atoms with E-state index in [9.17, 15) is 4.79 Å². The van der Waals surface area contributed by atoms with Crippen molar-refractivity contribution < 1.29 is 14.3 Å². The largest absolute Gasteiger partial charge is 0.371 e. The molecule has 2 aliphatic heterocycles. The first-order valence-corrected chi connectivity index (χ1v) is 8.47. The van der Waals surface area contributed by atoms with Gasteiger partial charge in [0.2, 0.25) is 11.8 Å². The van der Waals surface area contributed by atoms with Crippen molar-refractivity contribution in [3.8, 4) is 0 Å². The number of rotatable bonds is 5. The fourth-order valence-electron chi connectivity index (χ4n) is 3.43. The van der Waals surface area contributed by atoms with Crippen molar-refractivity contribution in [3.63, 3.8) is 0 Å². The van der Waals surface area contributed by atoms with Crippen LogP contribution in [0.4, 0.5) is 5.95 Å². The zero-order chi connectivity index (χ0) is 17.2. The second-order valence-corrected chi connectivity index (χ2v) is 6.30. The molecule has 1 aromatic carbocycles. The average molecular weight is 343 g/mol. The van der Waals surface area contributed by atoms with Gasteiger partial charge in [-0.25, -0.2) is 0 Å². The maximum atomic E-state index is 11.7. The molecule has 4 rings (SSSR count). The molecule has 0 unspecified atom stereocenters. The van der Waals surface area contributed by atoms with E-state index < -0.39 is 5.91 Å². The van der Waals surface area contributed by atoms with Crippen LogP contribution in [0.5, 0.6) is 0 Å². The number of aryl methyl sites for hydroxylation is 1. The number of benzene rings is 1. The molecular formula is C17H21N5O3. The molecule has 0 aliphatic carbocycles. The topological polar surface area (TPSA) is 95.5 Å². The summed E-state index contributed by atoms with van der Waals surface area (Å²) in [6, 6.07) is 10.1. The van der Waals surface area contributed by atoms with Crippen LogP contribution in [-0.4, -0.2) is 59.2 Å². The van der Waals surface area contributed by atoms with Gasteiger partial charge in [0.25, 0.3) is 5.91 Å². The molecule has 0 spiro atoms.